The Kier molecular flexibility index (Phi) is 964. The summed E-state index contributed by atoms with van der Waals surface area (Å²) in [5.41, 5.74) is 0. The molecule has 0 saturated carbocycles. The van der Waals surface area contributed by atoms with E-state index in [4.69, 9.17) is 4.79 Å². The van der Waals surface area contributed by atoms with Crippen LogP contribution in [0.4, 0.5) is 0 Å². The summed E-state index contributed by atoms with van der Waals surface area (Å²) >= 11 is 0. The van der Waals surface area contributed by atoms with Crippen molar-refractivity contribution in [3.05, 3.63) is 14.4 Å². The van der Waals surface area contributed by atoms with Crippen molar-refractivity contribution >= 4 is 6.79 Å². The Hall–Kier alpha value is 1.88. The molecule has 0 amide bonds. The first-order chi connectivity index (χ1) is 5.33. The Labute approximate surface area is 165 Å². The second-order valence-corrected chi connectivity index (χ2v) is 1.71. The zero-order valence-corrected chi connectivity index (χ0v) is 16.6. The van der Waals surface area contributed by atoms with Crippen LogP contribution in [0.1, 0.15) is 76.2 Å². The minimum atomic E-state index is 0. The van der Waals surface area contributed by atoms with Crippen LogP contribution in [0.5, 0.6) is 0 Å². The molecule has 0 aromatic heterocycles. The van der Waals surface area contributed by atoms with E-state index >= 15 is 0 Å². The third-order valence-corrected chi connectivity index (χ3v) is 0.500. The smallest absolute Gasteiger partial charge is 0 e. The van der Waals surface area contributed by atoms with Gasteiger partial charge < -0.3 is 19.1 Å². The van der Waals surface area contributed by atoms with Gasteiger partial charge in [-0.15, -0.1) is 0 Å². The van der Waals surface area contributed by atoms with Crippen LogP contribution in [0.25, 0.3) is 0 Å². The number of hydrogen-bond acceptors (Lipinski definition) is 1. The Morgan fingerprint density at radius 1 is 0.765 bits per heavy atom. The van der Waals surface area contributed by atoms with Gasteiger partial charge in [-0.2, -0.15) is 6.92 Å². The third-order valence-electron chi connectivity index (χ3n) is 0.500. The molecular weight excluding hydrogens is 362 g/mol. The maximum absolute atomic E-state index is 7.75. The zero-order valence-electron chi connectivity index (χ0n) is 11.0. The molecule has 3 heteroatoms. The molecule has 1 nitrogen and oxygen atoms in total. The van der Waals surface area contributed by atoms with E-state index in [-0.39, 0.29) is 95.1 Å². The van der Waals surface area contributed by atoms with Crippen LogP contribution < -0.4 is 0 Å². The van der Waals surface area contributed by atoms with E-state index in [1.54, 1.807) is 6.92 Å². The van der Waals surface area contributed by atoms with Crippen molar-refractivity contribution in [2.45, 2.75) is 76.2 Å². The van der Waals surface area contributed by atoms with Crippen LogP contribution in [0.15, 0.2) is 0 Å². The van der Waals surface area contributed by atoms with Crippen molar-refractivity contribution in [2.75, 3.05) is 0 Å². The first kappa shape index (κ1) is 76.6. The molecule has 0 saturated heterocycles. The third kappa shape index (κ3) is 544. The van der Waals surface area contributed by atoms with Crippen LogP contribution in [-0.2, 0) is 70.2 Å². The summed E-state index contributed by atoms with van der Waals surface area (Å²) in [6.07, 6.45) is 3.89. The first-order valence-electron chi connectivity index (χ1n) is 4.27. The van der Waals surface area contributed by atoms with Crippen molar-refractivity contribution in [3.63, 3.8) is 0 Å². The van der Waals surface area contributed by atoms with Gasteiger partial charge in [0.2, 0.25) is 0 Å². The monoisotopic (exact) mass is 401 g/mol. The van der Waals surface area contributed by atoms with Gasteiger partial charge in [0.1, 0.15) is 0 Å². The molecule has 0 aromatic carbocycles. The maximum Gasteiger partial charge on any atom is 0 e. The Morgan fingerprint density at radius 2 is 0.824 bits per heavy atom. The van der Waals surface area contributed by atoms with Crippen molar-refractivity contribution in [3.8, 4) is 0 Å². The van der Waals surface area contributed by atoms with Gasteiger partial charge >= 0.3 is 0 Å². The summed E-state index contributed by atoms with van der Waals surface area (Å²) < 4.78 is 0. The fraction of sp³-hybridized carbons (Fsp3) is 0.786. The SMILES string of the molecule is C.C.C.CCC.CCCC.[CH-]=O.[CH2-]C.[CH3-].[Y].[Y]. The first-order valence-corrected chi connectivity index (χ1v) is 4.27. The van der Waals surface area contributed by atoms with Gasteiger partial charge in [0.25, 0.3) is 0 Å². The minimum Gasteiger partial charge on any atom is -0.545 e. The predicted molar refractivity (Wildman–Crippen MR) is 80.9 cm³/mol. The van der Waals surface area contributed by atoms with Gasteiger partial charge in [0.05, 0.1) is 0 Å². The van der Waals surface area contributed by atoms with E-state index in [1.807, 2.05) is 0 Å². The molecule has 0 aromatic rings. The molecule has 0 N–H and O–H groups in total. The van der Waals surface area contributed by atoms with Gasteiger partial charge in [-0.05, 0) is 0 Å². The Bertz CT molecular complexity index is 28.2. The quantitative estimate of drug-likeness (QED) is 0.381. The Balaban J connectivity index is -0.00000000444. The molecule has 2 radical (unpaired) electrons. The van der Waals surface area contributed by atoms with Gasteiger partial charge in [-0.1, -0.05) is 69.2 Å². The molecule has 0 aliphatic rings. The molecule has 0 bridgehead atoms. The van der Waals surface area contributed by atoms with Crippen LogP contribution in [0, 0.1) is 14.4 Å². The maximum atomic E-state index is 7.75. The van der Waals surface area contributed by atoms with Gasteiger partial charge in [0, 0.05) is 65.4 Å². The van der Waals surface area contributed by atoms with E-state index in [1.165, 1.54) is 19.3 Å². The minimum absolute atomic E-state index is 0. The molecule has 0 heterocycles. The van der Waals surface area contributed by atoms with Crippen molar-refractivity contribution < 1.29 is 70.2 Å². The molecule has 0 fully saturated rings. The van der Waals surface area contributed by atoms with Crippen molar-refractivity contribution in [1.29, 1.82) is 0 Å². The van der Waals surface area contributed by atoms with Gasteiger partial charge in [-0.3, -0.25) is 6.79 Å². The van der Waals surface area contributed by atoms with Crippen LogP contribution in [0.3, 0.4) is 0 Å². The van der Waals surface area contributed by atoms with Crippen LogP contribution in [0.2, 0.25) is 0 Å². The molecule has 110 valence electrons. The molecule has 0 aliphatic heterocycles. The van der Waals surface area contributed by atoms with Crippen molar-refractivity contribution in [2.24, 2.45) is 0 Å². The number of rotatable bonds is 1. The summed E-state index contributed by atoms with van der Waals surface area (Å²) in [5, 5.41) is 0. The van der Waals surface area contributed by atoms with E-state index in [0.29, 0.717) is 0 Å². The topological polar surface area (TPSA) is 17.1 Å². The van der Waals surface area contributed by atoms with Crippen LogP contribution in [-0.4, -0.2) is 6.79 Å². The summed E-state index contributed by atoms with van der Waals surface area (Å²) in [4.78, 5) is 7.75. The van der Waals surface area contributed by atoms with Gasteiger partial charge in [0.15, 0.2) is 0 Å². The number of carbonyl (C=O) groups excluding carboxylic acids is 1. The van der Waals surface area contributed by atoms with Crippen LogP contribution >= 0.6 is 0 Å². The molecule has 0 unspecified atom stereocenters. The average Bonchev–Trinajstić information content (AvgIpc) is 2.12. The molecule has 0 atom stereocenters. The molecular formula is C14H39OY2-3. The largest absolute Gasteiger partial charge is 0.545 e. The standard InChI is InChI=1S/C4H10.C3H8.C2H5.CHO.3CH4.CH3.2Y/c1-3-4-2;1-3-2;2*1-2;;;;;;/h3-4H2,1-2H3;3H2,1-2H3;1H2,2H3;1H;3*1H4;1H3;;/q;;2*-1;;;;-1;;. The van der Waals surface area contributed by atoms with Crippen molar-refractivity contribution in [1.82, 2.24) is 0 Å². The summed E-state index contributed by atoms with van der Waals surface area (Å²) in [7, 11) is 0. The number of hydrogen-bond donors (Lipinski definition) is 0. The molecule has 0 rings (SSSR count). The van der Waals surface area contributed by atoms with E-state index in [9.17, 15) is 0 Å². The number of unbranched alkanes of at least 4 members (excludes halogenated alkanes) is 1. The summed E-state index contributed by atoms with van der Waals surface area (Å²) in [5.74, 6) is 0. The fourth-order valence-corrected chi connectivity index (χ4v) is 0. The van der Waals surface area contributed by atoms with E-state index in [2.05, 4.69) is 41.4 Å². The Morgan fingerprint density at radius 3 is 0.824 bits per heavy atom. The average molecular weight is 401 g/mol. The summed E-state index contributed by atoms with van der Waals surface area (Å²) in [6.45, 7) is 16.9. The normalized spacial score (nSPS) is 3.41. The fourth-order valence-electron chi connectivity index (χ4n) is 0. The molecule has 0 aliphatic carbocycles. The second kappa shape index (κ2) is 214. The summed E-state index contributed by atoms with van der Waals surface area (Å²) in [6, 6.07) is 0. The molecule has 0 spiro atoms. The molecule has 17 heavy (non-hydrogen) atoms. The van der Waals surface area contributed by atoms with Gasteiger partial charge in [-0.25, -0.2) is 0 Å². The zero-order chi connectivity index (χ0) is 10.1. The predicted octanol–water partition coefficient (Wildman–Crippen LogP) is 6.14. The second-order valence-electron chi connectivity index (χ2n) is 1.71. The van der Waals surface area contributed by atoms with E-state index < -0.39 is 0 Å². The van der Waals surface area contributed by atoms with E-state index in [0.717, 1.165) is 0 Å².